The monoisotopic (exact) mass is 288 g/mol. The van der Waals surface area contributed by atoms with Crippen LogP contribution in [0.1, 0.15) is 41.3 Å². The summed E-state index contributed by atoms with van der Waals surface area (Å²) in [5.41, 5.74) is 2.80. The van der Waals surface area contributed by atoms with E-state index in [9.17, 15) is 9.59 Å². The lowest BCUT2D eigenvalue weighted by Gasteiger charge is -2.31. The molecule has 0 bridgehead atoms. The van der Waals surface area contributed by atoms with Gasteiger partial charge < -0.3 is 10.2 Å². The van der Waals surface area contributed by atoms with Crippen LogP contribution in [0.25, 0.3) is 0 Å². The van der Waals surface area contributed by atoms with Crippen molar-refractivity contribution in [3.05, 3.63) is 34.9 Å². The van der Waals surface area contributed by atoms with Gasteiger partial charge >= 0.3 is 0 Å². The first kappa shape index (κ1) is 15.7. The van der Waals surface area contributed by atoms with Gasteiger partial charge in [0.2, 0.25) is 5.91 Å². The van der Waals surface area contributed by atoms with Gasteiger partial charge in [0.1, 0.15) is 0 Å². The Hall–Kier alpha value is -1.68. The molecule has 0 saturated carbocycles. The van der Waals surface area contributed by atoms with Crippen molar-refractivity contribution < 1.29 is 9.59 Å². The maximum Gasteiger partial charge on any atom is 0.223 e. The average molecular weight is 288 g/mol. The summed E-state index contributed by atoms with van der Waals surface area (Å²) in [6, 6.07) is 6.20. The van der Waals surface area contributed by atoms with Crippen LogP contribution in [-0.4, -0.2) is 42.3 Å². The normalized spacial score (nSPS) is 18.6. The minimum Gasteiger partial charge on any atom is -0.340 e. The first-order valence-electron chi connectivity index (χ1n) is 7.59. The van der Waals surface area contributed by atoms with Gasteiger partial charge in [-0.1, -0.05) is 17.7 Å². The Balaban J connectivity index is 1.91. The van der Waals surface area contributed by atoms with Gasteiger partial charge in [0.25, 0.3) is 0 Å². The summed E-state index contributed by atoms with van der Waals surface area (Å²) in [5, 5.41) is 3.31. The van der Waals surface area contributed by atoms with Crippen molar-refractivity contribution in [1.29, 1.82) is 0 Å². The second-order valence-corrected chi connectivity index (χ2v) is 5.94. The summed E-state index contributed by atoms with van der Waals surface area (Å²) in [7, 11) is 0. The SMILES string of the molecule is Cc1ccc(C)c(C(=O)CCC(=O)N2CCNC(C)C2)c1. The molecular weight excluding hydrogens is 264 g/mol. The number of hydrogen-bond acceptors (Lipinski definition) is 3. The highest BCUT2D eigenvalue weighted by atomic mass is 16.2. The maximum atomic E-state index is 12.3. The van der Waals surface area contributed by atoms with E-state index in [2.05, 4.69) is 12.2 Å². The van der Waals surface area contributed by atoms with Crippen LogP contribution in [0, 0.1) is 13.8 Å². The van der Waals surface area contributed by atoms with Crippen molar-refractivity contribution in [3.63, 3.8) is 0 Å². The van der Waals surface area contributed by atoms with Crippen molar-refractivity contribution in [2.75, 3.05) is 19.6 Å². The predicted molar refractivity (Wildman–Crippen MR) is 83.5 cm³/mol. The van der Waals surface area contributed by atoms with E-state index in [4.69, 9.17) is 0 Å². The molecular formula is C17H24N2O2. The summed E-state index contributed by atoms with van der Waals surface area (Å²) in [4.78, 5) is 26.3. The molecule has 1 heterocycles. The van der Waals surface area contributed by atoms with Crippen LogP contribution >= 0.6 is 0 Å². The second kappa shape index (κ2) is 6.85. The van der Waals surface area contributed by atoms with Gasteiger partial charge in [-0.25, -0.2) is 0 Å². The van der Waals surface area contributed by atoms with Crippen LogP contribution in [0.4, 0.5) is 0 Å². The van der Waals surface area contributed by atoms with Crippen LogP contribution in [0.2, 0.25) is 0 Å². The van der Waals surface area contributed by atoms with Crippen LogP contribution in [0.5, 0.6) is 0 Å². The van der Waals surface area contributed by atoms with E-state index in [0.29, 0.717) is 18.9 Å². The highest BCUT2D eigenvalue weighted by molar-refractivity contribution is 5.99. The third-order valence-corrected chi connectivity index (χ3v) is 3.98. The van der Waals surface area contributed by atoms with Gasteiger partial charge in [0.15, 0.2) is 5.78 Å². The maximum absolute atomic E-state index is 12.3. The number of rotatable bonds is 4. The molecule has 1 fully saturated rings. The molecule has 2 rings (SSSR count). The van der Waals surface area contributed by atoms with Gasteiger partial charge in [-0.15, -0.1) is 0 Å². The lowest BCUT2D eigenvalue weighted by Crippen LogP contribution is -2.51. The highest BCUT2D eigenvalue weighted by Crippen LogP contribution is 2.14. The molecule has 0 aromatic heterocycles. The first-order chi connectivity index (χ1) is 9.97. The lowest BCUT2D eigenvalue weighted by molar-refractivity contribution is -0.132. The number of amides is 1. The summed E-state index contributed by atoms with van der Waals surface area (Å²) in [6.45, 7) is 8.28. The molecule has 1 atom stereocenters. The molecule has 0 spiro atoms. The molecule has 1 aliphatic rings. The molecule has 1 N–H and O–H groups in total. The van der Waals surface area contributed by atoms with E-state index in [1.165, 1.54) is 0 Å². The standard InChI is InChI=1S/C17H24N2O2/c1-12-4-5-13(2)15(10-12)16(20)6-7-17(21)19-9-8-18-14(3)11-19/h4-5,10,14,18H,6-9,11H2,1-3H3. The molecule has 0 aliphatic carbocycles. The molecule has 114 valence electrons. The average Bonchev–Trinajstić information content (AvgIpc) is 2.47. The fourth-order valence-electron chi connectivity index (χ4n) is 2.71. The Bertz CT molecular complexity index is 540. The number of nitrogens with zero attached hydrogens (tertiary/aromatic N) is 1. The van der Waals surface area contributed by atoms with E-state index >= 15 is 0 Å². The quantitative estimate of drug-likeness (QED) is 0.863. The van der Waals surface area contributed by atoms with E-state index < -0.39 is 0 Å². The summed E-state index contributed by atoms with van der Waals surface area (Å²) in [5.74, 6) is 0.148. The Morgan fingerprint density at radius 3 is 2.76 bits per heavy atom. The lowest BCUT2D eigenvalue weighted by atomic mass is 9.99. The zero-order valence-corrected chi connectivity index (χ0v) is 13.1. The summed E-state index contributed by atoms with van der Waals surface area (Å²) < 4.78 is 0. The van der Waals surface area contributed by atoms with Crippen molar-refractivity contribution in [2.45, 2.75) is 39.7 Å². The van der Waals surface area contributed by atoms with Gasteiger partial charge in [-0.3, -0.25) is 9.59 Å². The number of benzene rings is 1. The molecule has 4 heteroatoms. The number of piperazine rings is 1. The number of Topliss-reactive ketones (excluding diaryl/α,β-unsaturated/α-hetero) is 1. The van der Waals surface area contributed by atoms with Gasteiger partial charge in [0.05, 0.1) is 0 Å². The number of hydrogen-bond donors (Lipinski definition) is 1. The molecule has 1 amide bonds. The fraction of sp³-hybridized carbons (Fsp3) is 0.529. The van der Waals surface area contributed by atoms with Crippen molar-refractivity contribution >= 4 is 11.7 Å². The first-order valence-corrected chi connectivity index (χ1v) is 7.59. The number of carbonyl (C=O) groups excluding carboxylic acids is 2. The van der Waals surface area contributed by atoms with Gasteiger partial charge in [0, 0.05) is 44.1 Å². The molecule has 0 radical (unpaired) electrons. The van der Waals surface area contributed by atoms with Crippen molar-refractivity contribution in [1.82, 2.24) is 10.2 Å². The minimum absolute atomic E-state index is 0.0627. The van der Waals surface area contributed by atoms with Gasteiger partial charge in [-0.2, -0.15) is 0 Å². The predicted octanol–water partition coefficient (Wildman–Crippen LogP) is 2.09. The molecule has 21 heavy (non-hydrogen) atoms. The summed E-state index contributed by atoms with van der Waals surface area (Å²) >= 11 is 0. The van der Waals surface area contributed by atoms with Crippen molar-refractivity contribution in [3.8, 4) is 0 Å². The third-order valence-electron chi connectivity index (χ3n) is 3.98. The largest absolute Gasteiger partial charge is 0.340 e. The Labute approximate surface area is 126 Å². The van der Waals surface area contributed by atoms with Crippen LogP contribution in [-0.2, 0) is 4.79 Å². The minimum atomic E-state index is 0.0627. The molecule has 1 unspecified atom stereocenters. The van der Waals surface area contributed by atoms with E-state index in [-0.39, 0.29) is 11.7 Å². The second-order valence-electron chi connectivity index (χ2n) is 5.94. The number of nitrogens with one attached hydrogen (secondary N) is 1. The fourth-order valence-corrected chi connectivity index (χ4v) is 2.71. The highest BCUT2D eigenvalue weighted by Gasteiger charge is 2.21. The van der Waals surface area contributed by atoms with E-state index in [0.717, 1.165) is 36.3 Å². The molecule has 1 aromatic rings. The number of carbonyl (C=O) groups is 2. The van der Waals surface area contributed by atoms with Crippen LogP contribution in [0.15, 0.2) is 18.2 Å². The number of aryl methyl sites for hydroxylation is 2. The Kier molecular flexibility index (Phi) is 5.12. The molecule has 4 nitrogen and oxygen atoms in total. The van der Waals surface area contributed by atoms with E-state index in [1.54, 1.807) is 0 Å². The Morgan fingerprint density at radius 1 is 1.29 bits per heavy atom. The molecule has 1 aromatic carbocycles. The van der Waals surface area contributed by atoms with Crippen molar-refractivity contribution in [2.24, 2.45) is 0 Å². The van der Waals surface area contributed by atoms with Gasteiger partial charge in [-0.05, 0) is 32.4 Å². The zero-order chi connectivity index (χ0) is 15.4. The van der Waals surface area contributed by atoms with Crippen LogP contribution in [0.3, 0.4) is 0 Å². The Morgan fingerprint density at radius 2 is 2.05 bits per heavy atom. The third kappa shape index (κ3) is 4.14. The molecule has 1 aliphatic heterocycles. The smallest absolute Gasteiger partial charge is 0.223 e. The number of ketones is 1. The zero-order valence-electron chi connectivity index (χ0n) is 13.1. The molecule has 1 saturated heterocycles. The topological polar surface area (TPSA) is 49.4 Å². The van der Waals surface area contributed by atoms with E-state index in [1.807, 2.05) is 36.9 Å². The summed E-state index contributed by atoms with van der Waals surface area (Å²) in [6.07, 6.45) is 0.598. The van der Waals surface area contributed by atoms with Crippen LogP contribution < -0.4 is 5.32 Å².